The van der Waals surface area contributed by atoms with Gasteiger partial charge in [-0.25, -0.2) is 19.2 Å². The van der Waals surface area contributed by atoms with Crippen LogP contribution in [0.3, 0.4) is 0 Å². The lowest BCUT2D eigenvalue weighted by atomic mass is 9.96. The standard InChI is InChI=1S/C26H47N3O10/c1-22(2,3)37-17(30)16-29(14-12-25(10,18(31)32)27-20(35)38-23(4,5)6)15-13-26(11,19(33)34)28-21(36)39-24(7,8)9/h12-16H2,1-11H3,(H,27,35)(H,28,36)(H,31,32)(H,33,34)/t25-,26-/m1/s1. The number of nitrogens with zero attached hydrogens (tertiary/aromatic N) is 1. The molecule has 13 heteroatoms. The zero-order valence-electron chi connectivity index (χ0n) is 25.1. The molecule has 0 aliphatic heterocycles. The van der Waals surface area contributed by atoms with Crippen LogP contribution in [0.1, 0.15) is 89.0 Å². The molecule has 4 N–H and O–H groups in total. The van der Waals surface area contributed by atoms with Crippen LogP contribution in [0.15, 0.2) is 0 Å². The average Bonchev–Trinajstić information content (AvgIpc) is 2.65. The molecule has 2 amide bonds. The normalized spacial score (nSPS) is 15.4. The van der Waals surface area contributed by atoms with Crippen molar-refractivity contribution in [2.75, 3.05) is 19.6 Å². The van der Waals surface area contributed by atoms with Crippen LogP contribution in [-0.2, 0) is 28.6 Å². The largest absolute Gasteiger partial charge is 0.480 e. The van der Waals surface area contributed by atoms with E-state index in [4.69, 9.17) is 14.2 Å². The van der Waals surface area contributed by atoms with Gasteiger partial charge in [0.05, 0.1) is 6.54 Å². The highest BCUT2D eigenvalue weighted by molar-refractivity contribution is 5.84. The molecule has 0 heterocycles. The summed E-state index contributed by atoms with van der Waals surface area (Å²) in [6.07, 6.45) is -2.17. The highest BCUT2D eigenvalue weighted by Crippen LogP contribution is 2.18. The smallest absolute Gasteiger partial charge is 0.408 e. The van der Waals surface area contributed by atoms with Gasteiger partial charge < -0.3 is 35.1 Å². The molecule has 0 aromatic carbocycles. The van der Waals surface area contributed by atoms with Crippen molar-refractivity contribution in [3.8, 4) is 0 Å². The summed E-state index contributed by atoms with van der Waals surface area (Å²) in [6.45, 7) is 17.1. The van der Waals surface area contributed by atoms with Crippen LogP contribution in [0.5, 0.6) is 0 Å². The van der Waals surface area contributed by atoms with Gasteiger partial charge in [-0.1, -0.05) is 0 Å². The summed E-state index contributed by atoms with van der Waals surface area (Å²) in [6, 6.07) is 0. The Balaban J connectivity index is 5.81. The topological polar surface area (TPSA) is 181 Å². The molecule has 0 unspecified atom stereocenters. The minimum Gasteiger partial charge on any atom is -0.480 e. The third-order valence-corrected chi connectivity index (χ3v) is 5.13. The molecular formula is C26H47N3O10. The van der Waals surface area contributed by atoms with Crippen molar-refractivity contribution in [3.63, 3.8) is 0 Å². The van der Waals surface area contributed by atoms with Gasteiger partial charge in [0.2, 0.25) is 0 Å². The maximum absolute atomic E-state index is 12.6. The zero-order valence-corrected chi connectivity index (χ0v) is 25.1. The van der Waals surface area contributed by atoms with Crippen molar-refractivity contribution in [2.45, 2.75) is 117 Å². The summed E-state index contributed by atoms with van der Waals surface area (Å²) in [5, 5.41) is 24.4. The van der Waals surface area contributed by atoms with Crippen molar-refractivity contribution >= 4 is 30.1 Å². The molecule has 0 radical (unpaired) electrons. The van der Waals surface area contributed by atoms with E-state index in [1.807, 2.05) is 0 Å². The quantitative estimate of drug-likeness (QED) is 0.203. The fraction of sp³-hybridized carbons (Fsp3) is 0.808. The summed E-state index contributed by atoms with van der Waals surface area (Å²) in [5.74, 6) is -3.27. The highest BCUT2D eigenvalue weighted by atomic mass is 16.6. The molecule has 13 nitrogen and oxygen atoms in total. The molecule has 0 aliphatic rings. The number of aliphatic carboxylic acids is 2. The van der Waals surface area contributed by atoms with Gasteiger partial charge in [0.15, 0.2) is 0 Å². The van der Waals surface area contributed by atoms with Crippen molar-refractivity contribution < 1.29 is 48.4 Å². The Morgan fingerprint density at radius 1 is 0.590 bits per heavy atom. The van der Waals surface area contributed by atoms with E-state index >= 15 is 0 Å². The van der Waals surface area contributed by atoms with Gasteiger partial charge in [0.25, 0.3) is 0 Å². The lowest BCUT2D eigenvalue weighted by Gasteiger charge is -2.33. The van der Waals surface area contributed by atoms with Gasteiger partial charge in [0.1, 0.15) is 27.9 Å². The molecular weight excluding hydrogens is 514 g/mol. The van der Waals surface area contributed by atoms with E-state index < -0.39 is 58.0 Å². The maximum Gasteiger partial charge on any atom is 0.408 e. The number of hydrogen-bond donors (Lipinski definition) is 4. The molecule has 39 heavy (non-hydrogen) atoms. The molecule has 0 aromatic heterocycles. The van der Waals surface area contributed by atoms with E-state index in [1.54, 1.807) is 62.3 Å². The first-order valence-corrected chi connectivity index (χ1v) is 12.7. The number of rotatable bonds is 12. The summed E-state index contributed by atoms with van der Waals surface area (Å²) >= 11 is 0. The van der Waals surface area contributed by atoms with E-state index in [-0.39, 0.29) is 32.5 Å². The Morgan fingerprint density at radius 3 is 1.15 bits per heavy atom. The SMILES string of the molecule is CC(C)(C)OC(=O)CN(CC[C@@](C)(NC(=O)OC(C)(C)C)C(=O)O)CC[C@@](C)(NC(=O)OC(C)(C)C)C(=O)O. The highest BCUT2D eigenvalue weighted by Gasteiger charge is 2.39. The minimum absolute atomic E-state index is 0.0417. The molecule has 2 atom stereocenters. The number of ether oxygens (including phenoxy) is 3. The van der Waals surface area contributed by atoms with Crippen molar-refractivity contribution in [2.24, 2.45) is 0 Å². The fourth-order valence-electron chi connectivity index (χ4n) is 3.09. The number of carboxylic acid groups (broad SMARTS) is 2. The van der Waals surface area contributed by atoms with Crippen LogP contribution in [0, 0.1) is 0 Å². The maximum atomic E-state index is 12.6. The molecule has 0 rings (SSSR count). The Kier molecular flexibility index (Phi) is 12.3. The van der Waals surface area contributed by atoms with Crippen molar-refractivity contribution in [3.05, 3.63) is 0 Å². The van der Waals surface area contributed by atoms with E-state index in [0.29, 0.717) is 0 Å². The zero-order chi connectivity index (χ0) is 31.0. The Bertz CT molecular complexity index is 843. The molecule has 0 aliphatic carbocycles. The minimum atomic E-state index is -1.76. The molecule has 0 saturated carbocycles. The molecule has 226 valence electrons. The van der Waals surface area contributed by atoms with Crippen LogP contribution in [0.25, 0.3) is 0 Å². The molecule has 0 bridgehead atoms. The Morgan fingerprint density at radius 2 is 0.897 bits per heavy atom. The van der Waals surface area contributed by atoms with Gasteiger partial charge in [0, 0.05) is 13.1 Å². The van der Waals surface area contributed by atoms with Crippen LogP contribution in [-0.4, -0.2) is 92.7 Å². The van der Waals surface area contributed by atoms with Gasteiger partial charge in [-0.05, 0) is 89.0 Å². The second-order valence-electron chi connectivity index (χ2n) is 12.9. The lowest BCUT2D eigenvalue weighted by molar-refractivity contribution is -0.156. The van der Waals surface area contributed by atoms with E-state index in [0.717, 1.165) is 0 Å². The molecule has 0 fully saturated rings. The monoisotopic (exact) mass is 561 g/mol. The second kappa shape index (κ2) is 13.3. The summed E-state index contributed by atoms with van der Waals surface area (Å²) < 4.78 is 15.7. The predicted molar refractivity (Wildman–Crippen MR) is 142 cm³/mol. The number of alkyl carbamates (subject to hydrolysis) is 2. The molecule has 0 aromatic rings. The summed E-state index contributed by atoms with van der Waals surface area (Å²) in [4.78, 5) is 62.8. The fourth-order valence-corrected chi connectivity index (χ4v) is 3.09. The Labute approximate surface area is 230 Å². The van der Waals surface area contributed by atoms with E-state index in [2.05, 4.69) is 10.6 Å². The average molecular weight is 562 g/mol. The first kappa shape index (κ1) is 35.9. The molecule has 0 saturated heterocycles. The first-order chi connectivity index (χ1) is 17.3. The van der Waals surface area contributed by atoms with Gasteiger partial charge >= 0.3 is 30.1 Å². The summed E-state index contributed by atoms with van der Waals surface area (Å²) in [5.41, 5.74) is -6.02. The van der Waals surface area contributed by atoms with Crippen molar-refractivity contribution in [1.82, 2.24) is 15.5 Å². The number of carbonyl (C=O) groups is 5. The number of amides is 2. The number of hydrogen-bond acceptors (Lipinski definition) is 9. The van der Waals surface area contributed by atoms with Crippen LogP contribution < -0.4 is 10.6 Å². The third kappa shape index (κ3) is 15.2. The number of nitrogens with one attached hydrogen (secondary N) is 2. The number of esters is 1. The third-order valence-electron chi connectivity index (χ3n) is 5.13. The second-order valence-corrected chi connectivity index (χ2v) is 12.9. The van der Waals surface area contributed by atoms with Crippen LogP contribution in [0.2, 0.25) is 0 Å². The van der Waals surface area contributed by atoms with E-state index in [1.165, 1.54) is 18.7 Å². The van der Waals surface area contributed by atoms with Crippen molar-refractivity contribution in [1.29, 1.82) is 0 Å². The molecule has 0 spiro atoms. The number of carbonyl (C=O) groups excluding carboxylic acids is 3. The Hall–Kier alpha value is -3.09. The van der Waals surface area contributed by atoms with Crippen LogP contribution in [0.4, 0.5) is 9.59 Å². The van der Waals surface area contributed by atoms with E-state index in [9.17, 15) is 34.2 Å². The lowest BCUT2D eigenvalue weighted by Crippen LogP contribution is -2.56. The predicted octanol–water partition coefficient (Wildman–Crippen LogP) is 3.15. The van der Waals surface area contributed by atoms with Crippen LogP contribution >= 0.6 is 0 Å². The van der Waals surface area contributed by atoms with Gasteiger partial charge in [-0.3, -0.25) is 9.69 Å². The number of carboxylic acids is 2. The first-order valence-electron chi connectivity index (χ1n) is 12.7. The summed E-state index contributed by atoms with van der Waals surface area (Å²) in [7, 11) is 0. The van der Waals surface area contributed by atoms with Gasteiger partial charge in [-0.2, -0.15) is 0 Å². The van der Waals surface area contributed by atoms with Gasteiger partial charge in [-0.15, -0.1) is 0 Å².